The molecule has 2 radical (unpaired) electrons. The maximum Gasteiger partial charge on any atom is 0.209 e. The summed E-state index contributed by atoms with van der Waals surface area (Å²) >= 11 is -1.77. The summed E-state index contributed by atoms with van der Waals surface area (Å²) < 4.78 is 7.51. The Kier molecular flexibility index (Phi) is 11.9. The zero-order chi connectivity index (χ0) is 31.1. The van der Waals surface area contributed by atoms with Crippen molar-refractivity contribution in [2.45, 2.75) is 60.6 Å². The second kappa shape index (κ2) is 15.4. The molecule has 228 valence electrons. The fourth-order valence-corrected chi connectivity index (χ4v) is 7.36. The Labute approximate surface area is 271 Å². The number of ether oxygens (including phenoxy) is 1. The molecular formula is C37H42Cl2N2ORu. The Bertz CT molecular complexity index is 1510. The molecule has 0 spiro atoms. The number of anilines is 2. The van der Waals surface area contributed by atoms with Gasteiger partial charge in [0, 0.05) is 23.5 Å². The van der Waals surface area contributed by atoms with Gasteiger partial charge in [0.15, 0.2) is 0 Å². The minimum atomic E-state index is -1.77. The molecule has 0 amide bonds. The van der Waals surface area contributed by atoms with Crippen LogP contribution in [0.15, 0.2) is 91.0 Å². The van der Waals surface area contributed by atoms with Gasteiger partial charge in [-0.3, -0.25) is 0 Å². The Balaban J connectivity index is 0.000000255. The number of rotatable bonds is 7. The molecule has 0 aliphatic carbocycles. The molecule has 1 aliphatic heterocycles. The fourth-order valence-electron chi connectivity index (χ4n) is 5.55. The van der Waals surface area contributed by atoms with E-state index in [9.17, 15) is 0 Å². The van der Waals surface area contributed by atoms with Crippen LogP contribution in [0.4, 0.5) is 11.4 Å². The van der Waals surface area contributed by atoms with Crippen molar-refractivity contribution in [3.63, 3.8) is 0 Å². The van der Waals surface area contributed by atoms with E-state index in [1.807, 2.05) is 42.7 Å². The first-order valence-corrected chi connectivity index (χ1v) is 20.2. The van der Waals surface area contributed by atoms with Crippen LogP contribution < -0.4 is 14.5 Å². The van der Waals surface area contributed by atoms with Gasteiger partial charge in [-0.25, -0.2) is 0 Å². The number of para-hydroxylation sites is 2. The smallest absolute Gasteiger partial charge is 0.209 e. The van der Waals surface area contributed by atoms with Crippen molar-refractivity contribution in [2.24, 2.45) is 5.92 Å². The molecule has 43 heavy (non-hydrogen) atoms. The fraction of sp³-hybridized carbons (Fsp3) is 0.297. The van der Waals surface area contributed by atoms with Crippen molar-refractivity contribution in [2.75, 3.05) is 16.3 Å². The monoisotopic (exact) mass is 702 g/mol. The number of hydrogen-bond acceptors (Lipinski definition) is 3. The van der Waals surface area contributed by atoms with Crippen molar-refractivity contribution in [3.8, 4) is 16.9 Å². The molecular weight excluding hydrogens is 660 g/mol. The average Bonchev–Trinajstić information content (AvgIpc) is 3.39. The summed E-state index contributed by atoms with van der Waals surface area (Å²) in [7, 11) is 11.6. The molecule has 1 fully saturated rings. The summed E-state index contributed by atoms with van der Waals surface area (Å²) in [5.74, 6) is 1.37. The van der Waals surface area contributed by atoms with Gasteiger partial charge < -0.3 is 9.80 Å². The molecule has 3 nitrogen and oxygen atoms in total. The Hall–Kier alpha value is -2.65. The summed E-state index contributed by atoms with van der Waals surface area (Å²) in [5.41, 5.74) is 9.95. The first-order chi connectivity index (χ1) is 20.5. The van der Waals surface area contributed by atoms with E-state index in [1.165, 1.54) is 39.2 Å². The van der Waals surface area contributed by atoms with Gasteiger partial charge >= 0.3 is 97.8 Å². The van der Waals surface area contributed by atoms with Gasteiger partial charge in [0.05, 0.1) is 6.04 Å². The average molecular weight is 703 g/mol. The van der Waals surface area contributed by atoms with E-state index in [2.05, 4.69) is 118 Å². The van der Waals surface area contributed by atoms with Gasteiger partial charge in [0.25, 0.3) is 0 Å². The molecule has 1 atom stereocenters. The number of aryl methyl sites for hydroxylation is 3. The van der Waals surface area contributed by atoms with Crippen LogP contribution in [0, 0.1) is 33.4 Å². The van der Waals surface area contributed by atoms with E-state index in [-0.39, 0.29) is 6.10 Å². The van der Waals surface area contributed by atoms with Gasteiger partial charge in [-0.2, -0.15) is 0 Å². The molecule has 0 unspecified atom stereocenters. The largest absolute Gasteiger partial charge is 0.339 e. The van der Waals surface area contributed by atoms with E-state index in [0.717, 1.165) is 17.9 Å². The third-order valence-electron chi connectivity index (χ3n) is 7.32. The van der Waals surface area contributed by atoms with Crippen LogP contribution >= 0.6 is 19.4 Å². The van der Waals surface area contributed by atoms with Crippen molar-refractivity contribution < 1.29 is 18.3 Å². The third kappa shape index (κ3) is 8.72. The van der Waals surface area contributed by atoms with Gasteiger partial charge in [-0.05, 0) is 49.4 Å². The quantitative estimate of drug-likeness (QED) is 0.178. The summed E-state index contributed by atoms with van der Waals surface area (Å²) in [6.07, 6.45) is 0.163. The standard InChI is InChI=1S/C27H30N2.C10H12O.2ClH.Ru/c1-19(2)26-17-28(27-21(4)15-20(3)16-22(27)5)18-29(26)25-14-10-9-13-24(25)23-11-7-6-8-12-23;1-8(2)11-10-7-5-4-6-9(10)3;;;/h6-16,19,26H,17H2,1-5H3;3-8H,1-2H3;2*1H;/q;;;;+2/p-2/t26-;;;;/m1..../s1. The molecule has 6 heteroatoms. The van der Waals surface area contributed by atoms with Gasteiger partial charge in [0.1, 0.15) is 0 Å². The number of nitrogens with zero attached hydrogens (tertiary/aromatic N) is 2. The van der Waals surface area contributed by atoms with Crippen molar-refractivity contribution in [1.82, 2.24) is 0 Å². The Morgan fingerprint density at radius 2 is 1.44 bits per heavy atom. The SMILES string of the molecule is CC(C)Oc1ccccc1[CH]=[Ru]([Cl])[Cl].Cc1cc(C)c(N2[C]N(c3ccccc3-c3ccccc3)[C@@H](C(C)C)C2)c(C)c1. The van der Waals surface area contributed by atoms with Crippen LogP contribution in [0.3, 0.4) is 0 Å². The molecule has 0 N–H and O–H groups in total. The Morgan fingerprint density at radius 3 is 2.07 bits per heavy atom. The summed E-state index contributed by atoms with van der Waals surface area (Å²) in [6.45, 7) is 19.9. The van der Waals surface area contributed by atoms with Crippen molar-refractivity contribution >= 4 is 35.4 Å². The molecule has 1 heterocycles. The van der Waals surface area contributed by atoms with Crippen LogP contribution in [-0.2, 0) is 13.5 Å². The first kappa shape index (κ1) is 33.3. The molecule has 1 aliphatic rings. The van der Waals surface area contributed by atoms with Crippen LogP contribution in [0.25, 0.3) is 11.1 Å². The molecule has 4 aromatic carbocycles. The number of benzene rings is 4. The predicted octanol–water partition coefficient (Wildman–Crippen LogP) is 10.2. The van der Waals surface area contributed by atoms with E-state index < -0.39 is 13.5 Å². The van der Waals surface area contributed by atoms with E-state index in [0.29, 0.717) is 12.0 Å². The third-order valence-corrected chi connectivity index (χ3v) is 9.15. The molecule has 4 aromatic rings. The van der Waals surface area contributed by atoms with E-state index >= 15 is 0 Å². The van der Waals surface area contributed by atoms with Crippen molar-refractivity contribution in [3.05, 3.63) is 120 Å². The zero-order valence-corrected chi connectivity index (χ0v) is 29.3. The number of hydrogen-bond donors (Lipinski definition) is 0. The topological polar surface area (TPSA) is 15.7 Å². The van der Waals surface area contributed by atoms with Crippen LogP contribution in [-0.4, -0.2) is 23.3 Å². The Morgan fingerprint density at radius 1 is 0.837 bits per heavy atom. The van der Waals surface area contributed by atoms with Crippen LogP contribution in [0.5, 0.6) is 5.75 Å². The maximum atomic E-state index is 5.82. The van der Waals surface area contributed by atoms with Crippen molar-refractivity contribution in [1.29, 1.82) is 0 Å². The maximum absolute atomic E-state index is 5.82. The zero-order valence-electron chi connectivity index (χ0n) is 26.1. The van der Waals surface area contributed by atoms with Crippen LogP contribution in [0.2, 0.25) is 0 Å². The second-order valence-electron chi connectivity index (χ2n) is 11.5. The van der Waals surface area contributed by atoms with Gasteiger partial charge in [-0.15, -0.1) is 0 Å². The summed E-state index contributed by atoms with van der Waals surface area (Å²) in [6, 6.07) is 32.0. The van der Waals surface area contributed by atoms with Gasteiger partial charge in [-0.1, -0.05) is 80.1 Å². The van der Waals surface area contributed by atoms with E-state index in [1.54, 1.807) is 0 Å². The minimum absolute atomic E-state index is 0.163. The normalized spacial score (nSPS) is 15.0. The summed E-state index contributed by atoms with van der Waals surface area (Å²) in [4.78, 5) is 4.70. The van der Waals surface area contributed by atoms with Gasteiger partial charge in [0.2, 0.25) is 6.67 Å². The molecule has 0 saturated carbocycles. The molecule has 0 aromatic heterocycles. The van der Waals surface area contributed by atoms with Crippen LogP contribution in [0.1, 0.15) is 49.9 Å². The molecule has 0 bridgehead atoms. The predicted molar refractivity (Wildman–Crippen MR) is 183 cm³/mol. The number of halogens is 2. The minimum Gasteiger partial charge on any atom is -0.339 e. The second-order valence-corrected chi connectivity index (χ2v) is 17.3. The first-order valence-electron chi connectivity index (χ1n) is 14.7. The molecule has 5 rings (SSSR count). The summed E-state index contributed by atoms with van der Waals surface area (Å²) in [5, 5.41) is 0. The molecule has 1 saturated heterocycles. The van der Waals surface area contributed by atoms with E-state index in [4.69, 9.17) is 24.1 Å².